The van der Waals surface area contributed by atoms with Gasteiger partial charge in [-0.3, -0.25) is 4.79 Å². The molecule has 6 rings (SSSR count). The standard InChI is InChI=1S/C26H28N6O2S/c1-14-2-5-21-23(28)24(35-26(21)30-14)25(33)31-18-4-3-15-8-22(17(9-27)6-16(15)7-18)32-12-19-10-29-11-20(13-32)34-19/h2,5-6,8,18-20,29H,3-4,7,10-13,28H2,1H3,(H,31,33)/t18-,19?,20?/m0/s1. The third kappa shape index (κ3) is 4.12. The number of benzene rings is 1. The normalized spacial score (nSPS) is 23.5. The van der Waals surface area contributed by atoms with Crippen LogP contribution in [0.2, 0.25) is 0 Å². The van der Waals surface area contributed by atoms with E-state index in [1.165, 1.54) is 16.9 Å². The number of carbonyl (C=O) groups is 1. The van der Waals surface area contributed by atoms with E-state index in [1.54, 1.807) is 0 Å². The van der Waals surface area contributed by atoms with Crippen molar-refractivity contribution in [2.75, 3.05) is 36.8 Å². The molecule has 1 aliphatic carbocycles. The zero-order valence-electron chi connectivity index (χ0n) is 19.6. The van der Waals surface area contributed by atoms with Crippen molar-refractivity contribution in [3.8, 4) is 6.07 Å². The molecule has 2 unspecified atom stereocenters. The van der Waals surface area contributed by atoms with Crippen molar-refractivity contribution in [2.45, 2.75) is 44.4 Å². The molecule has 2 saturated heterocycles. The van der Waals surface area contributed by atoms with Gasteiger partial charge in [0.2, 0.25) is 0 Å². The molecule has 0 saturated carbocycles. The maximum absolute atomic E-state index is 13.1. The lowest BCUT2D eigenvalue weighted by Gasteiger charge is -2.43. The number of amides is 1. The van der Waals surface area contributed by atoms with E-state index in [4.69, 9.17) is 10.5 Å². The van der Waals surface area contributed by atoms with Gasteiger partial charge >= 0.3 is 0 Å². The number of hydrogen-bond donors (Lipinski definition) is 3. The zero-order chi connectivity index (χ0) is 24.1. The Morgan fingerprint density at radius 2 is 2.09 bits per heavy atom. The van der Waals surface area contributed by atoms with Crippen LogP contribution in [0.5, 0.6) is 0 Å². The maximum atomic E-state index is 13.1. The molecule has 2 aromatic heterocycles. The molecule has 2 fully saturated rings. The molecule has 2 bridgehead atoms. The van der Waals surface area contributed by atoms with Gasteiger partial charge in [-0.25, -0.2) is 4.98 Å². The predicted molar refractivity (Wildman–Crippen MR) is 137 cm³/mol. The summed E-state index contributed by atoms with van der Waals surface area (Å²) in [5.74, 6) is -0.151. The number of fused-ring (bicyclic) bond motifs is 4. The van der Waals surface area contributed by atoms with Gasteiger partial charge in [-0.05, 0) is 61.6 Å². The summed E-state index contributed by atoms with van der Waals surface area (Å²) in [7, 11) is 0. The number of anilines is 2. The summed E-state index contributed by atoms with van der Waals surface area (Å²) >= 11 is 1.34. The molecule has 3 aromatic rings. The number of ether oxygens (including phenoxy) is 1. The van der Waals surface area contributed by atoms with Crippen LogP contribution >= 0.6 is 11.3 Å². The van der Waals surface area contributed by atoms with Gasteiger partial charge in [-0.2, -0.15) is 5.26 Å². The fourth-order valence-corrected chi connectivity index (χ4v) is 6.57. The molecular weight excluding hydrogens is 460 g/mol. The minimum Gasteiger partial charge on any atom is -0.397 e. The monoisotopic (exact) mass is 488 g/mol. The average molecular weight is 489 g/mol. The van der Waals surface area contributed by atoms with Gasteiger partial charge in [-0.1, -0.05) is 0 Å². The summed E-state index contributed by atoms with van der Waals surface area (Å²) < 4.78 is 6.04. The Morgan fingerprint density at radius 1 is 1.29 bits per heavy atom. The van der Waals surface area contributed by atoms with Crippen LogP contribution < -0.4 is 21.3 Å². The van der Waals surface area contributed by atoms with E-state index in [-0.39, 0.29) is 24.2 Å². The lowest BCUT2D eigenvalue weighted by Crippen LogP contribution is -2.58. The molecule has 3 aliphatic rings. The van der Waals surface area contributed by atoms with Gasteiger partial charge < -0.3 is 26.0 Å². The van der Waals surface area contributed by atoms with Crippen molar-refractivity contribution in [3.63, 3.8) is 0 Å². The molecule has 0 spiro atoms. The number of hydrogen-bond acceptors (Lipinski definition) is 8. The van der Waals surface area contributed by atoms with E-state index in [2.05, 4.69) is 32.7 Å². The van der Waals surface area contributed by atoms with Gasteiger partial charge in [0.1, 0.15) is 15.8 Å². The van der Waals surface area contributed by atoms with Crippen molar-refractivity contribution >= 4 is 38.8 Å². The first-order valence-electron chi connectivity index (χ1n) is 12.1. The number of thiophene rings is 1. The second-order valence-electron chi connectivity index (χ2n) is 9.76. The lowest BCUT2D eigenvalue weighted by molar-refractivity contribution is -0.0484. The maximum Gasteiger partial charge on any atom is 0.263 e. The van der Waals surface area contributed by atoms with Crippen LogP contribution in [0.4, 0.5) is 11.4 Å². The quantitative estimate of drug-likeness (QED) is 0.519. The summed E-state index contributed by atoms with van der Waals surface area (Å²) in [4.78, 5) is 21.2. The van der Waals surface area contributed by atoms with Crippen LogP contribution in [-0.2, 0) is 17.6 Å². The van der Waals surface area contributed by atoms with Crippen molar-refractivity contribution < 1.29 is 9.53 Å². The van der Waals surface area contributed by atoms with Gasteiger partial charge in [0.15, 0.2) is 0 Å². The summed E-state index contributed by atoms with van der Waals surface area (Å²) in [6.07, 6.45) is 2.73. The SMILES string of the molecule is Cc1ccc2c(N)c(C(=O)N[C@H]3CCc4cc(N5CC6CNCC(C5)O6)c(C#N)cc4C3)sc2n1. The number of nitrogens with two attached hydrogens (primary N) is 1. The number of nitriles is 1. The Labute approximate surface area is 208 Å². The van der Waals surface area contributed by atoms with Crippen LogP contribution in [0.25, 0.3) is 10.2 Å². The van der Waals surface area contributed by atoms with E-state index in [9.17, 15) is 10.1 Å². The Bertz CT molecular complexity index is 1350. The third-order valence-electron chi connectivity index (χ3n) is 7.26. The topological polar surface area (TPSA) is 116 Å². The number of nitrogens with one attached hydrogen (secondary N) is 2. The molecule has 1 amide bonds. The second kappa shape index (κ2) is 8.79. The minimum absolute atomic E-state index is 0.000480. The number of aryl methyl sites for hydroxylation is 2. The van der Waals surface area contributed by atoms with E-state index in [0.717, 1.165) is 66.2 Å². The number of rotatable bonds is 3. The Balaban J connectivity index is 1.20. The fourth-order valence-electron chi connectivity index (χ4n) is 5.53. The van der Waals surface area contributed by atoms with Crippen molar-refractivity contribution in [2.24, 2.45) is 0 Å². The predicted octanol–water partition coefficient (Wildman–Crippen LogP) is 2.52. The highest BCUT2D eigenvalue weighted by Gasteiger charge is 2.33. The molecular formula is C26H28N6O2S. The number of nitrogens with zero attached hydrogens (tertiary/aromatic N) is 3. The highest BCUT2D eigenvalue weighted by molar-refractivity contribution is 7.21. The number of morpholine rings is 2. The highest BCUT2D eigenvalue weighted by atomic mass is 32.1. The molecule has 1 aromatic carbocycles. The summed E-state index contributed by atoms with van der Waals surface area (Å²) in [5, 5.41) is 17.4. The van der Waals surface area contributed by atoms with Crippen LogP contribution in [0.3, 0.4) is 0 Å². The van der Waals surface area contributed by atoms with Crippen LogP contribution in [0.15, 0.2) is 24.3 Å². The van der Waals surface area contributed by atoms with Crippen molar-refractivity contribution in [3.05, 3.63) is 51.5 Å². The Kier molecular flexibility index (Phi) is 5.60. The summed E-state index contributed by atoms with van der Waals surface area (Å²) in [6, 6.07) is 10.5. The molecule has 4 heterocycles. The van der Waals surface area contributed by atoms with E-state index in [0.29, 0.717) is 22.5 Å². The van der Waals surface area contributed by atoms with E-state index in [1.807, 2.05) is 25.1 Å². The van der Waals surface area contributed by atoms with E-state index < -0.39 is 0 Å². The zero-order valence-corrected chi connectivity index (χ0v) is 20.5. The third-order valence-corrected chi connectivity index (χ3v) is 8.37. The van der Waals surface area contributed by atoms with Crippen molar-refractivity contribution in [1.29, 1.82) is 5.26 Å². The number of pyridine rings is 1. The Morgan fingerprint density at radius 3 is 2.86 bits per heavy atom. The van der Waals surface area contributed by atoms with Crippen LogP contribution in [0.1, 0.15) is 38.5 Å². The van der Waals surface area contributed by atoms with Crippen LogP contribution in [-0.4, -0.2) is 55.3 Å². The summed E-state index contributed by atoms with van der Waals surface area (Å²) in [5.41, 5.74) is 11.8. The fraction of sp³-hybridized carbons (Fsp3) is 0.423. The Hall–Kier alpha value is -3.19. The highest BCUT2D eigenvalue weighted by Crippen LogP contribution is 2.34. The van der Waals surface area contributed by atoms with Crippen molar-refractivity contribution in [1.82, 2.24) is 15.6 Å². The minimum atomic E-state index is -0.151. The first-order chi connectivity index (χ1) is 17.0. The molecule has 2 aliphatic heterocycles. The molecule has 180 valence electrons. The molecule has 9 heteroatoms. The first-order valence-corrected chi connectivity index (χ1v) is 12.9. The largest absolute Gasteiger partial charge is 0.397 e. The second-order valence-corrected chi connectivity index (χ2v) is 10.8. The summed E-state index contributed by atoms with van der Waals surface area (Å²) in [6.45, 7) is 5.21. The lowest BCUT2D eigenvalue weighted by atomic mass is 9.86. The first kappa shape index (κ1) is 22.3. The van der Waals surface area contributed by atoms with Gasteiger partial charge in [0.05, 0.1) is 29.1 Å². The van der Waals surface area contributed by atoms with Crippen LogP contribution in [0, 0.1) is 18.3 Å². The van der Waals surface area contributed by atoms with Gasteiger partial charge in [0, 0.05) is 43.3 Å². The average Bonchev–Trinajstić information content (AvgIpc) is 3.18. The smallest absolute Gasteiger partial charge is 0.263 e. The molecule has 35 heavy (non-hydrogen) atoms. The molecule has 8 nitrogen and oxygen atoms in total. The molecule has 4 N–H and O–H groups in total. The number of aromatic nitrogens is 1. The molecule has 3 atom stereocenters. The number of nitrogen functional groups attached to an aromatic ring is 1. The van der Waals surface area contributed by atoms with E-state index >= 15 is 0 Å². The molecule has 0 radical (unpaired) electrons. The van der Waals surface area contributed by atoms with Gasteiger partial charge in [-0.15, -0.1) is 11.3 Å². The van der Waals surface area contributed by atoms with Gasteiger partial charge in [0.25, 0.3) is 5.91 Å². The number of carbonyl (C=O) groups excluding carboxylic acids is 1.